The molecule has 31 heavy (non-hydrogen) atoms. The van der Waals surface area contributed by atoms with E-state index in [1.807, 2.05) is 32.0 Å². The summed E-state index contributed by atoms with van der Waals surface area (Å²) in [6.07, 6.45) is 4.60. The minimum Gasteiger partial charge on any atom is -0.402 e. The number of carbonyl (C=O) groups is 1. The van der Waals surface area contributed by atoms with Crippen LogP contribution in [0.5, 0.6) is 0 Å². The molecule has 0 bridgehead atoms. The maximum absolute atomic E-state index is 12.3. The summed E-state index contributed by atoms with van der Waals surface area (Å²) in [6, 6.07) is 12.0. The van der Waals surface area contributed by atoms with Crippen molar-refractivity contribution in [3.05, 3.63) is 92.9 Å². The molecule has 0 saturated heterocycles. The summed E-state index contributed by atoms with van der Waals surface area (Å²) in [6.45, 7) is 3.96. The Balaban J connectivity index is 1.65. The van der Waals surface area contributed by atoms with Gasteiger partial charge in [0.15, 0.2) is 10.9 Å². The molecule has 0 atom stereocenters. The van der Waals surface area contributed by atoms with Gasteiger partial charge in [0.25, 0.3) is 5.69 Å². The van der Waals surface area contributed by atoms with Crippen LogP contribution >= 0.6 is 11.8 Å². The Morgan fingerprint density at radius 1 is 1.06 bits per heavy atom. The van der Waals surface area contributed by atoms with Crippen LogP contribution in [0.4, 0.5) is 5.69 Å². The largest absolute Gasteiger partial charge is 0.402 e. The third-order valence-electron chi connectivity index (χ3n) is 4.60. The van der Waals surface area contributed by atoms with Crippen LogP contribution < -0.4 is 0 Å². The smallest absolute Gasteiger partial charge is 0.363 e. The van der Waals surface area contributed by atoms with E-state index in [4.69, 9.17) is 4.74 Å². The number of nitro groups is 1. The van der Waals surface area contributed by atoms with Crippen molar-refractivity contribution in [1.29, 1.82) is 0 Å². The van der Waals surface area contributed by atoms with Gasteiger partial charge in [0, 0.05) is 24.0 Å². The molecule has 4 rings (SSSR count). The van der Waals surface area contributed by atoms with Crippen molar-refractivity contribution >= 4 is 35.4 Å². The zero-order valence-electron chi connectivity index (χ0n) is 16.6. The minimum absolute atomic E-state index is 0.0781. The first-order chi connectivity index (χ1) is 14.9. The van der Waals surface area contributed by atoms with Gasteiger partial charge in [-0.15, -0.1) is 0 Å². The van der Waals surface area contributed by atoms with Crippen molar-refractivity contribution in [2.24, 2.45) is 4.99 Å². The lowest BCUT2D eigenvalue weighted by Gasteiger charge is -2.03. The standard InChI is InChI=1S/C22H16N4O4S/c1-13-4-6-16(10-14(13)2)20-25-17(21(27)30-20)11-15-5-7-19(18(12-15)26(28)29)31-22-23-8-3-9-24-22/h3-12H,1-2H3/b17-11-. The first kappa shape index (κ1) is 20.4. The first-order valence-electron chi connectivity index (χ1n) is 9.24. The van der Waals surface area contributed by atoms with Gasteiger partial charge in [0.05, 0.1) is 9.82 Å². The number of ether oxygens (including phenoxy) is 1. The van der Waals surface area contributed by atoms with Crippen LogP contribution in [0.2, 0.25) is 0 Å². The van der Waals surface area contributed by atoms with Crippen LogP contribution in [0, 0.1) is 24.0 Å². The fourth-order valence-electron chi connectivity index (χ4n) is 2.85. The molecule has 9 heteroatoms. The number of aromatic nitrogens is 2. The van der Waals surface area contributed by atoms with Crippen molar-refractivity contribution in [3.63, 3.8) is 0 Å². The third kappa shape index (κ3) is 4.51. The topological polar surface area (TPSA) is 108 Å². The highest BCUT2D eigenvalue weighted by Gasteiger charge is 2.25. The molecular weight excluding hydrogens is 416 g/mol. The molecule has 0 spiro atoms. The van der Waals surface area contributed by atoms with E-state index in [0.717, 1.165) is 22.9 Å². The van der Waals surface area contributed by atoms with Gasteiger partial charge in [0.2, 0.25) is 5.90 Å². The molecule has 0 radical (unpaired) electrons. The highest BCUT2D eigenvalue weighted by molar-refractivity contribution is 7.99. The molecule has 2 heterocycles. The number of carbonyl (C=O) groups excluding carboxylic acids is 1. The zero-order valence-corrected chi connectivity index (χ0v) is 17.4. The number of nitrogens with zero attached hydrogens (tertiary/aromatic N) is 4. The van der Waals surface area contributed by atoms with Gasteiger partial charge in [0.1, 0.15) is 0 Å². The Morgan fingerprint density at radius 3 is 2.55 bits per heavy atom. The molecule has 0 N–H and O–H groups in total. The fraction of sp³-hybridized carbons (Fsp3) is 0.0909. The second-order valence-electron chi connectivity index (χ2n) is 6.75. The number of rotatable bonds is 5. The third-order valence-corrected chi connectivity index (χ3v) is 5.56. The highest BCUT2D eigenvalue weighted by Crippen LogP contribution is 2.34. The fourth-order valence-corrected chi connectivity index (χ4v) is 3.65. The summed E-state index contributed by atoms with van der Waals surface area (Å²) in [4.78, 5) is 36.2. The highest BCUT2D eigenvalue weighted by atomic mass is 32.2. The van der Waals surface area contributed by atoms with Gasteiger partial charge < -0.3 is 4.74 Å². The molecule has 0 saturated carbocycles. The Labute approximate surface area is 181 Å². The van der Waals surface area contributed by atoms with Crippen molar-refractivity contribution in [2.45, 2.75) is 23.9 Å². The van der Waals surface area contributed by atoms with Crippen LogP contribution in [0.1, 0.15) is 22.3 Å². The van der Waals surface area contributed by atoms with E-state index in [9.17, 15) is 14.9 Å². The van der Waals surface area contributed by atoms with E-state index in [1.165, 1.54) is 12.1 Å². The average Bonchev–Trinajstić information content (AvgIpc) is 3.12. The van der Waals surface area contributed by atoms with Gasteiger partial charge in [-0.25, -0.2) is 19.8 Å². The van der Waals surface area contributed by atoms with E-state index in [0.29, 0.717) is 21.2 Å². The number of aryl methyl sites for hydroxylation is 2. The lowest BCUT2D eigenvalue weighted by molar-refractivity contribution is -0.387. The lowest BCUT2D eigenvalue weighted by atomic mass is 10.1. The van der Waals surface area contributed by atoms with E-state index in [-0.39, 0.29) is 17.3 Å². The summed E-state index contributed by atoms with van der Waals surface area (Å²) in [7, 11) is 0. The summed E-state index contributed by atoms with van der Waals surface area (Å²) in [5.41, 5.74) is 3.30. The van der Waals surface area contributed by atoms with E-state index >= 15 is 0 Å². The Hall–Kier alpha value is -3.85. The SMILES string of the molecule is Cc1ccc(C2=N/C(=C\c3ccc(Sc4ncccn4)c([N+](=O)[O-])c3)C(=O)O2)cc1C. The van der Waals surface area contributed by atoms with Gasteiger partial charge in [-0.1, -0.05) is 12.1 Å². The molecule has 8 nitrogen and oxygen atoms in total. The van der Waals surface area contributed by atoms with Gasteiger partial charge >= 0.3 is 5.97 Å². The van der Waals surface area contributed by atoms with E-state index < -0.39 is 10.9 Å². The molecule has 2 aromatic carbocycles. The molecule has 1 aliphatic rings. The van der Waals surface area contributed by atoms with Crippen molar-refractivity contribution in [1.82, 2.24) is 9.97 Å². The number of cyclic esters (lactones) is 1. The molecule has 0 amide bonds. The molecule has 0 unspecified atom stereocenters. The Bertz CT molecular complexity index is 1260. The number of nitro benzene ring substituents is 1. The molecule has 0 fully saturated rings. The van der Waals surface area contributed by atoms with Crippen LogP contribution in [0.25, 0.3) is 6.08 Å². The predicted molar refractivity (Wildman–Crippen MR) is 116 cm³/mol. The Morgan fingerprint density at radius 2 is 1.84 bits per heavy atom. The summed E-state index contributed by atoms with van der Waals surface area (Å²) >= 11 is 1.09. The predicted octanol–water partition coefficient (Wildman–Crippen LogP) is 4.50. The zero-order chi connectivity index (χ0) is 22.0. The number of hydrogen-bond acceptors (Lipinski definition) is 8. The summed E-state index contributed by atoms with van der Waals surface area (Å²) in [5.74, 6) is -0.394. The molecule has 3 aromatic rings. The number of aliphatic imine (C=N–C) groups is 1. The van der Waals surface area contributed by atoms with Crippen LogP contribution in [0.3, 0.4) is 0 Å². The van der Waals surface area contributed by atoms with Crippen LogP contribution in [-0.4, -0.2) is 26.8 Å². The molecule has 0 aliphatic carbocycles. The van der Waals surface area contributed by atoms with Crippen LogP contribution in [0.15, 0.2) is 75.6 Å². The maximum Gasteiger partial charge on any atom is 0.363 e. The molecule has 154 valence electrons. The molecular formula is C22H16N4O4S. The van der Waals surface area contributed by atoms with Gasteiger partial charge in [-0.3, -0.25) is 10.1 Å². The average molecular weight is 432 g/mol. The second-order valence-corrected chi connectivity index (χ2v) is 7.76. The van der Waals surface area contributed by atoms with Gasteiger partial charge in [-0.05, 0) is 72.6 Å². The number of benzene rings is 2. The van der Waals surface area contributed by atoms with Gasteiger partial charge in [-0.2, -0.15) is 0 Å². The minimum atomic E-state index is -0.605. The monoisotopic (exact) mass is 432 g/mol. The lowest BCUT2D eigenvalue weighted by Crippen LogP contribution is -2.05. The normalized spacial score (nSPS) is 14.5. The number of esters is 1. The van der Waals surface area contributed by atoms with Crippen molar-refractivity contribution in [2.75, 3.05) is 0 Å². The van der Waals surface area contributed by atoms with Crippen molar-refractivity contribution < 1.29 is 14.5 Å². The summed E-state index contributed by atoms with van der Waals surface area (Å²) < 4.78 is 5.30. The Kier molecular flexibility index (Phi) is 5.59. The van der Waals surface area contributed by atoms with Crippen molar-refractivity contribution in [3.8, 4) is 0 Å². The quantitative estimate of drug-likeness (QED) is 0.192. The maximum atomic E-state index is 12.3. The second kappa shape index (κ2) is 8.49. The number of hydrogen-bond donors (Lipinski definition) is 0. The first-order valence-corrected chi connectivity index (χ1v) is 10.1. The van der Waals surface area contributed by atoms with Crippen LogP contribution in [-0.2, 0) is 9.53 Å². The molecule has 1 aliphatic heterocycles. The summed E-state index contributed by atoms with van der Waals surface area (Å²) in [5, 5.41) is 12.0. The molecule has 1 aromatic heterocycles. The van der Waals surface area contributed by atoms with E-state index in [2.05, 4.69) is 15.0 Å². The van der Waals surface area contributed by atoms with E-state index in [1.54, 1.807) is 30.6 Å².